The zero-order valence-corrected chi connectivity index (χ0v) is 14.8. The molecule has 1 heterocycles. The van der Waals surface area contributed by atoms with Gasteiger partial charge in [0.05, 0.1) is 18.9 Å². The van der Waals surface area contributed by atoms with Gasteiger partial charge in [0.15, 0.2) is 17.4 Å². The molecule has 0 aliphatic rings. The molecule has 0 bridgehead atoms. The summed E-state index contributed by atoms with van der Waals surface area (Å²) in [6, 6.07) is 12.3. The van der Waals surface area contributed by atoms with Gasteiger partial charge in [-0.2, -0.15) is 0 Å². The summed E-state index contributed by atoms with van der Waals surface area (Å²) in [7, 11) is 1.49. The van der Waals surface area contributed by atoms with Crippen LogP contribution in [0.3, 0.4) is 0 Å². The predicted octanol–water partition coefficient (Wildman–Crippen LogP) is 3.08. The standard InChI is InChI=1S/C19H17N5O4/c1-28-15-10-21-17(24-16(15)20)11-2-6-13(7-3-11)22-19(27)23-14-8-4-12(5-9-14)18(25)26/h2-10H,1H3,(H,25,26)(H2,20,21,24)(H2,22,23,27). The van der Waals surface area contributed by atoms with Crippen LogP contribution in [-0.4, -0.2) is 34.2 Å². The minimum atomic E-state index is -1.03. The number of ether oxygens (including phenoxy) is 1. The maximum absolute atomic E-state index is 12.1. The van der Waals surface area contributed by atoms with Crippen LogP contribution >= 0.6 is 0 Å². The Morgan fingerprint density at radius 2 is 1.57 bits per heavy atom. The normalized spacial score (nSPS) is 10.2. The number of methoxy groups -OCH3 is 1. The lowest BCUT2D eigenvalue weighted by molar-refractivity contribution is 0.0697. The van der Waals surface area contributed by atoms with E-state index in [0.717, 1.165) is 5.56 Å². The average molecular weight is 379 g/mol. The van der Waals surface area contributed by atoms with Crippen LogP contribution in [0.2, 0.25) is 0 Å². The number of carbonyl (C=O) groups is 2. The summed E-state index contributed by atoms with van der Waals surface area (Å²) in [6.07, 6.45) is 1.49. The summed E-state index contributed by atoms with van der Waals surface area (Å²) in [5.74, 6) is 0.0459. The van der Waals surface area contributed by atoms with Crippen LogP contribution in [0, 0.1) is 0 Å². The van der Waals surface area contributed by atoms with Crippen LogP contribution < -0.4 is 21.1 Å². The van der Waals surface area contributed by atoms with Crippen LogP contribution in [0.25, 0.3) is 11.4 Å². The molecule has 0 fully saturated rings. The van der Waals surface area contributed by atoms with Crippen LogP contribution in [0.5, 0.6) is 5.75 Å². The molecule has 0 aliphatic heterocycles. The van der Waals surface area contributed by atoms with Crippen LogP contribution in [0.15, 0.2) is 54.7 Å². The zero-order valence-electron chi connectivity index (χ0n) is 14.8. The first-order valence-corrected chi connectivity index (χ1v) is 8.14. The first kappa shape index (κ1) is 18.6. The lowest BCUT2D eigenvalue weighted by Crippen LogP contribution is -2.19. The molecule has 0 radical (unpaired) electrons. The lowest BCUT2D eigenvalue weighted by atomic mass is 10.2. The number of carbonyl (C=O) groups excluding carboxylic acids is 1. The SMILES string of the molecule is COc1cnc(-c2ccc(NC(=O)Nc3ccc(C(=O)O)cc3)cc2)nc1N. The number of nitrogen functional groups attached to an aromatic ring is 1. The number of nitrogens with zero attached hydrogens (tertiary/aromatic N) is 2. The Kier molecular flexibility index (Phi) is 5.35. The van der Waals surface area contributed by atoms with Gasteiger partial charge in [0, 0.05) is 16.9 Å². The van der Waals surface area contributed by atoms with Crippen molar-refractivity contribution in [3.8, 4) is 17.1 Å². The van der Waals surface area contributed by atoms with Gasteiger partial charge >= 0.3 is 12.0 Å². The number of benzene rings is 2. The second-order valence-corrected chi connectivity index (χ2v) is 5.69. The third-order valence-electron chi connectivity index (χ3n) is 3.79. The van der Waals surface area contributed by atoms with Crippen LogP contribution in [-0.2, 0) is 0 Å². The van der Waals surface area contributed by atoms with Crippen molar-refractivity contribution in [2.75, 3.05) is 23.5 Å². The third-order valence-corrected chi connectivity index (χ3v) is 3.79. The van der Waals surface area contributed by atoms with E-state index in [1.165, 1.54) is 37.6 Å². The van der Waals surface area contributed by atoms with Crippen LogP contribution in [0.1, 0.15) is 10.4 Å². The van der Waals surface area contributed by atoms with Crippen molar-refractivity contribution in [2.45, 2.75) is 0 Å². The van der Waals surface area contributed by atoms with Gasteiger partial charge in [0.1, 0.15) is 0 Å². The Bertz CT molecular complexity index is 1000. The fourth-order valence-electron chi connectivity index (χ4n) is 2.37. The minimum absolute atomic E-state index is 0.142. The number of hydrogen-bond donors (Lipinski definition) is 4. The number of anilines is 3. The largest absolute Gasteiger partial charge is 0.491 e. The minimum Gasteiger partial charge on any atom is -0.491 e. The number of hydrogen-bond acceptors (Lipinski definition) is 6. The molecule has 0 unspecified atom stereocenters. The maximum atomic E-state index is 12.1. The van der Waals surface area contributed by atoms with Gasteiger partial charge in [-0.25, -0.2) is 19.6 Å². The van der Waals surface area contributed by atoms with E-state index in [1.807, 2.05) is 0 Å². The van der Waals surface area contributed by atoms with Crippen LogP contribution in [0.4, 0.5) is 22.0 Å². The van der Waals surface area contributed by atoms with Gasteiger partial charge < -0.3 is 26.2 Å². The van der Waals surface area contributed by atoms with E-state index >= 15 is 0 Å². The summed E-state index contributed by atoms with van der Waals surface area (Å²) < 4.78 is 5.03. The monoisotopic (exact) mass is 379 g/mol. The smallest absolute Gasteiger partial charge is 0.335 e. The van der Waals surface area contributed by atoms with Crippen molar-refractivity contribution < 1.29 is 19.4 Å². The molecule has 28 heavy (non-hydrogen) atoms. The molecule has 9 nitrogen and oxygen atoms in total. The highest BCUT2D eigenvalue weighted by Crippen LogP contribution is 2.23. The van der Waals surface area contributed by atoms with Gasteiger partial charge in [0.2, 0.25) is 0 Å². The van der Waals surface area contributed by atoms with E-state index in [9.17, 15) is 9.59 Å². The second kappa shape index (κ2) is 8.04. The number of rotatable bonds is 5. The van der Waals surface area contributed by atoms with Gasteiger partial charge in [-0.15, -0.1) is 0 Å². The number of nitrogens with one attached hydrogen (secondary N) is 2. The number of carboxylic acid groups (broad SMARTS) is 1. The van der Waals surface area contributed by atoms with Crippen molar-refractivity contribution in [3.05, 3.63) is 60.3 Å². The molecule has 2 aromatic carbocycles. The summed E-state index contributed by atoms with van der Waals surface area (Å²) >= 11 is 0. The predicted molar refractivity (Wildman–Crippen MR) is 104 cm³/mol. The van der Waals surface area contributed by atoms with Gasteiger partial charge in [-0.05, 0) is 48.5 Å². The molecule has 5 N–H and O–H groups in total. The summed E-state index contributed by atoms with van der Waals surface area (Å²) in [6.45, 7) is 0. The summed E-state index contributed by atoms with van der Waals surface area (Å²) in [5, 5.41) is 14.2. The second-order valence-electron chi connectivity index (χ2n) is 5.69. The van der Waals surface area contributed by atoms with Gasteiger partial charge in [-0.1, -0.05) is 0 Å². The van der Waals surface area contributed by atoms with Crippen molar-refractivity contribution in [1.82, 2.24) is 9.97 Å². The van der Waals surface area contributed by atoms with E-state index in [-0.39, 0.29) is 11.4 Å². The Morgan fingerprint density at radius 3 is 2.07 bits per heavy atom. The van der Waals surface area contributed by atoms with Crippen molar-refractivity contribution in [1.29, 1.82) is 0 Å². The van der Waals surface area contributed by atoms with E-state index in [1.54, 1.807) is 24.3 Å². The highest BCUT2D eigenvalue weighted by molar-refractivity contribution is 6.00. The maximum Gasteiger partial charge on any atom is 0.335 e. The van der Waals surface area contributed by atoms with E-state index < -0.39 is 12.0 Å². The highest BCUT2D eigenvalue weighted by Gasteiger charge is 2.08. The molecular formula is C19H17N5O4. The topological polar surface area (TPSA) is 139 Å². The number of amides is 2. The number of nitrogens with two attached hydrogens (primary N) is 1. The first-order valence-electron chi connectivity index (χ1n) is 8.14. The molecule has 0 atom stereocenters. The molecule has 0 saturated carbocycles. The van der Waals surface area contributed by atoms with Crippen molar-refractivity contribution in [3.63, 3.8) is 0 Å². The van der Waals surface area contributed by atoms with E-state index in [4.69, 9.17) is 15.6 Å². The lowest BCUT2D eigenvalue weighted by Gasteiger charge is -2.09. The summed E-state index contributed by atoms with van der Waals surface area (Å²) in [4.78, 5) is 31.3. The number of carboxylic acids is 1. The average Bonchev–Trinajstić information content (AvgIpc) is 2.69. The first-order chi connectivity index (χ1) is 13.5. The fourth-order valence-corrected chi connectivity index (χ4v) is 2.37. The van der Waals surface area contributed by atoms with E-state index in [0.29, 0.717) is 22.9 Å². The molecule has 0 aliphatic carbocycles. The fraction of sp³-hybridized carbons (Fsp3) is 0.0526. The molecule has 3 rings (SSSR count). The Balaban J connectivity index is 1.64. The molecule has 0 spiro atoms. The quantitative estimate of drug-likeness (QED) is 0.534. The van der Waals surface area contributed by atoms with Crippen molar-refractivity contribution in [2.24, 2.45) is 0 Å². The molecule has 1 aromatic heterocycles. The Hall–Kier alpha value is -4.14. The number of aromatic carboxylic acids is 1. The molecule has 142 valence electrons. The van der Waals surface area contributed by atoms with Gasteiger partial charge in [0.25, 0.3) is 0 Å². The molecular weight excluding hydrogens is 362 g/mol. The molecule has 0 saturated heterocycles. The zero-order chi connectivity index (χ0) is 20.1. The molecule has 3 aromatic rings. The summed E-state index contributed by atoms with van der Waals surface area (Å²) in [5.41, 5.74) is 7.69. The van der Waals surface area contributed by atoms with Crippen molar-refractivity contribution >= 4 is 29.2 Å². The molecule has 2 amide bonds. The Morgan fingerprint density at radius 1 is 1.00 bits per heavy atom. The highest BCUT2D eigenvalue weighted by atomic mass is 16.5. The molecule has 9 heteroatoms. The van der Waals surface area contributed by atoms with E-state index in [2.05, 4.69) is 20.6 Å². The van der Waals surface area contributed by atoms with Gasteiger partial charge in [-0.3, -0.25) is 0 Å². The number of urea groups is 1. The Labute approximate surface area is 160 Å². The number of aromatic nitrogens is 2. The third kappa shape index (κ3) is 4.33.